The predicted octanol–water partition coefficient (Wildman–Crippen LogP) is 1.95. The molecule has 1 aromatic heterocycles. The molecule has 0 saturated carbocycles. The van der Waals surface area contributed by atoms with Crippen LogP contribution < -0.4 is 10.6 Å². The van der Waals surface area contributed by atoms with Gasteiger partial charge >= 0.3 is 5.97 Å². The molecule has 0 aromatic carbocycles. The van der Waals surface area contributed by atoms with E-state index >= 15 is 0 Å². The maximum absolute atomic E-state index is 12.0. The van der Waals surface area contributed by atoms with Crippen LogP contribution in [0.4, 0.5) is 5.00 Å². The maximum Gasteiger partial charge on any atom is 0.341 e. The van der Waals surface area contributed by atoms with Gasteiger partial charge in [0, 0.05) is 17.3 Å². The van der Waals surface area contributed by atoms with Crippen LogP contribution in [0.3, 0.4) is 0 Å². The number of aryl methyl sites for hydroxylation is 1. The van der Waals surface area contributed by atoms with E-state index < -0.39 is 5.97 Å². The van der Waals surface area contributed by atoms with Gasteiger partial charge in [-0.3, -0.25) is 4.79 Å². The van der Waals surface area contributed by atoms with E-state index in [9.17, 15) is 9.59 Å². The molecule has 1 unspecified atom stereocenters. The molecule has 1 amide bonds. The number of amides is 1. The number of methoxy groups -OCH3 is 1. The number of anilines is 1. The van der Waals surface area contributed by atoms with Crippen molar-refractivity contribution in [1.82, 2.24) is 5.32 Å². The molecule has 0 saturated heterocycles. The lowest BCUT2D eigenvalue weighted by molar-refractivity contribution is -0.119. The van der Waals surface area contributed by atoms with Crippen LogP contribution >= 0.6 is 11.3 Å². The molecule has 0 aliphatic rings. The van der Waals surface area contributed by atoms with E-state index in [2.05, 4.69) is 10.6 Å². The first-order valence-electron chi connectivity index (χ1n) is 6.06. The summed E-state index contributed by atoms with van der Waals surface area (Å²) in [4.78, 5) is 24.8. The SMILES string of the molecule is CNCC(C)C(=O)Nc1sc(C)c(C)c1C(=O)OC. The van der Waals surface area contributed by atoms with Gasteiger partial charge < -0.3 is 15.4 Å². The number of esters is 1. The third-order valence-corrected chi connectivity index (χ3v) is 4.09. The van der Waals surface area contributed by atoms with Gasteiger partial charge in [0.2, 0.25) is 5.91 Å². The minimum atomic E-state index is -0.418. The third-order valence-electron chi connectivity index (χ3n) is 2.97. The Bertz CT molecular complexity index is 482. The van der Waals surface area contributed by atoms with E-state index in [0.29, 0.717) is 17.1 Å². The number of nitrogens with one attached hydrogen (secondary N) is 2. The van der Waals surface area contributed by atoms with E-state index in [1.807, 2.05) is 20.8 Å². The Hall–Kier alpha value is -1.40. The molecule has 0 spiro atoms. The van der Waals surface area contributed by atoms with Crippen molar-refractivity contribution in [3.05, 3.63) is 16.0 Å². The Morgan fingerprint density at radius 1 is 1.37 bits per heavy atom. The first-order chi connectivity index (χ1) is 8.92. The second-order valence-electron chi connectivity index (χ2n) is 4.43. The van der Waals surface area contributed by atoms with Gasteiger partial charge in [0.15, 0.2) is 0 Å². The Labute approximate surface area is 117 Å². The van der Waals surface area contributed by atoms with E-state index in [4.69, 9.17) is 4.74 Å². The van der Waals surface area contributed by atoms with Crippen molar-refractivity contribution in [3.63, 3.8) is 0 Å². The highest BCUT2D eigenvalue weighted by Crippen LogP contribution is 2.33. The van der Waals surface area contributed by atoms with Crippen molar-refractivity contribution in [1.29, 1.82) is 0 Å². The summed E-state index contributed by atoms with van der Waals surface area (Å²) in [6, 6.07) is 0. The summed E-state index contributed by atoms with van der Waals surface area (Å²) in [5, 5.41) is 6.33. The normalized spacial score (nSPS) is 12.1. The van der Waals surface area contributed by atoms with Crippen LogP contribution in [0.25, 0.3) is 0 Å². The van der Waals surface area contributed by atoms with Crippen LogP contribution in [-0.2, 0) is 9.53 Å². The molecular formula is C13H20N2O3S. The molecule has 1 aromatic rings. The maximum atomic E-state index is 12.0. The molecule has 0 radical (unpaired) electrons. The van der Waals surface area contributed by atoms with Crippen molar-refractivity contribution in [2.24, 2.45) is 5.92 Å². The number of hydrogen-bond donors (Lipinski definition) is 2. The van der Waals surface area contributed by atoms with Gasteiger partial charge in [-0.05, 0) is 26.5 Å². The number of carbonyl (C=O) groups is 2. The van der Waals surface area contributed by atoms with Crippen molar-refractivity contribution < 1.29 is 14.3 Å². The zero-order chi connectivity index (χ0) is 14.6. The standard InChI is InChI=1S/C13H20N2O3S/c1-7(6-14-4)11(16)15-12-10(13(17)18-5)8(2)9(3)19-12/h7,14H,6H2,1-5H3,(H,15,16). The Morgan fingerprint density at radius 2 is 2.00 bits per heavy atom. The molecule has 2 N–H and O–H groups in total. The molecular weight excluding hydrogens is 264 g/mol. The average molecular weight is 284 g/mol. The van der Waals surface area contributed by atoms with E-state index in [1.165, 1.54) is 18.4 Å². The summed E-state index contributed by atoms with van der Waals surface area (Å²) >= 11 is 1.40. The summed E-state index contributed by atoms with van der Waals surface area (Å²) in [5.74, 6) is -0.697. The Morgan fingerprint density at radius 3 is 2.53 bits per heavy atom. The average Bonchev–Trinajstić information content (AvgIpc) is 2.64. The molecule has 0 aliphatic carbocycles. The highest BCUT2D eigenvalue weighted by molar-refractivity contribution is 7.16. The first kappa shape index (κ1) is 15.7. The number of ether oxygens (including phenoxy) is 1. The lowest BCUT2D eigenvalue weighted by Gasteiger charge is -2.11. The van der Waals surface area contributed by atoms with Gasteiger partial charge in [-0.15, -0.1) is 11.3 Å². The highest BCUT2D eigenvalue weighted by Gasteiger charge is 2.22. The summed E-state index contributed by atoms with van der Waals surface area (Å²) in [7, 11) is 3.13. The van der Waals surface area contributed by atoms with Crippen molar-refractivity contribution in [2.45, 2.75) is 20.8 Å². The molecule has 5 nitrogen and oxygen atoms in total. The number of carbonyl (C=O) groups excluding carboxylic acids is 2. The first-order valence-corrected chi connectivity index (χ1v) is 6.87. The molecule has 1 atom stereocenters. The van der Waals surface area contributed by atoms with Crippen LogP contribution in [-0.4, -0.2) is 32.6 Å². The van der Waals surface area contributed by atoms with E-state index in [-0.39, 0.29) is 11.8 Å². The lowest BCUT2D eigenvalue weighted by atomic mass is 10.1. The van der Waals surface area contributed by atoms with Crippen molar-refractivity contribution >= 4 is 28.2 Å². The smallest absolute Gasteiger partial charge is 0.341 e. The molecule has 6 heteroatoms. The largest absolute Gasteiger partial charge is 0.465 e. The zero-order valence-electron chi connectivity index (χ0n) is 11.9. The molecule has 19 heavy (non-hydrogen) atoms. The van der Waals surface area contributed by atoms with Gasteiger partial charge in [0.1, 0.15) is 5.00 Å². The summed E-state index contributed by atoms with van der Waals surface area (Å²) in [6.07, 6.45) is 0. The minimum absolute atomic E-state index is 0.110. The Kier molecular flexibility index (Phi) is 5.50. The second-order valence-corrected chi connectivity index (χ2v) is 5.65. The third kappa shape index (κ3) is 3.54. The zero-order valence-corrected chi connectivity index (χ0v) is 12.7. The molecule has 106 valence electrons. The number of thiophene rings is 1. The fourth-order valence-electron chi connectivity index (χ4n) is 1.70. The van der Waals surface area contributed by atoms with Crippen molar-refractivity contribution in [3.8, 4) is 0 Å². The van der Waals surface area contributed by atoms with Gasteiger partial charge in [-0.2, -0.15) is 0 Å². The predicted molar refractivity (Wildman–Crippen MR) is 76.9 cm³/mol. The summed E-state index contributed by atoms with van der Waals surface area (Å²) in [5.41, 5.74) is 1.31. The second kappa shape index (κ2) is 6.68. The molecule has 0 aliphatic heterocycles. The van der Waals surface area contributed by atoms with Crippen LogP contribution in [0.2, 0.25) is 0 Å². The topological polar surface area (TPSA) is 67.4 Å². The van der Waals surface area contributed by atoms with Gasteiger partial charge in [-0.1, -0.05) is 6.92 Å². The number of hydrogen-bond acceptors (Lipinski definition) is 5. The van der Waals surface area contributed by atoms with Gasteiger partial charge in [0.25, 0.3) is 0 Å². The van der Waals surface area contributed by atoms with Gasteiger partial charge in [-0.25, -0.2) is 4.79 Å². The molecule has 0 bridgehead atoms. The van der Waals surface area contributed by atoms with E-state index in [0.717, 1.165) is 10.4 Å². The van der Waals surface area contributed by atoms with Gasteiger partial charge in [0.05, 0.1) is 12.7 Å². The minimum Gasteiger partial charge on any atom is -0.465 e. The molecule has 1 heterocycles. The summed E-state index contributed by atoms with van der Waals surface area (Å²) < 4.78 is 4.76. The van der Waals surface area contributed by atoms with Crippen LogP contribution in [0.1, 0.15) is 27.7 Å². The highest BCUT2D eigenvalue weighted by atomic mass is 32.1. The Balaban J connectivity index is 2.98. The fraction of sp³-hybridized carbons (Fsp3) is 0.538. The fourth-order valence-corrected chi connectivity index (χ4v) is 2.75. The van der Waals surface area contributed by atoms with E-state index in [1.54, 1.807) is 7.05 Å². The summed E-state index contributed by atoms with van der Waals surface area (Å²) in [6.45, 7) is 6.18. The molecule has 1 rings (SSSR count). The monoisotopic (exact) mass is 284 g/mol. The van der Waals surface area contributed by atoms with Crippen LogP contribution in [0.15, 0.2) is 0 Å². The molecule has 0 fully saturated rings. The van der Waals surface area contributed by atoms with Crippen LogP contribution in [0, 0.1) is 19.8 Å². The van der Waals surface area contributed by atoms with Crippen molar-refractivity contribution in [2.75, 3.05) is 26.0 Å². The lowest BCUT2D eigenvalue weighted by Crippen LogP contribution is -2.28. The quantitative estimate of drug-likeness (QED) is 0.811. The number of rotatable bonds is 5. The van der Waals surface area contributed by atoms with Crippen LogP contribution in [0.5, 0.6) is 0 Å².